The van der Waals surface area contributed by atoms with Crippen molar-refractivity contribution in [2.75, 3.05) is 17.2 Å². The smallest absolute Gasteiger partial charge is 0.272 e. The van der Waals surface area contributed by atoms with Crippen molar-refractivity contribution in [2.45, 2.75) is 13.0 Å². The van der Waals surface area contributed by atoms with E-state index in [1.54, 1.807) is 18.3 Å². The lowest BCUT2D eigenvalue weighted by Crippen LogP contribution is -2.26. The van der Waals surface area contributed by atoms with E-state index in [1.807, 2.05) is 23.6 Å². The predicted octanol–water partition coefficient (Wildman–Crippen LogP) is 2.46. The average Bonchev–Trinajstić information content (AvgIpc) is 3.47. The molecule has 33 heavy (non-hydrogen) atoms. The molecule has 0 saturated heterocycles. The average molecular weight is 462 g/mol. The van der Waals surface area contributed by atoms with Gasteiger partial charge in [0, 0.05) is 17.6 Å². The second-order valence-corrected chi connectivity index (χ2v) is 8.33. The zero-order valence-electron chi connectivity index (χ0n) is 17.2. The molecular formula is C22H18N6O4S. The fourth-order valence-corrected chi connectivity index (χ4v) is 4.18. The molecule has 0 fully saturated rings. The largest absolute Gasteiger partial charge is 0.482 e. The number of nitrogens with one attached hydrogen (secondary N) is 4. The van der Waals surface area contributed by atoms with E-state index in [-0.39, 0.29) is 37.1 Å². The van der Waals surface area contributed by atoms with Crippen LogP contribution in [0.4, 0.5) is 11.4 Å². The first-order valence-corrected chi connectivity index (χ1v) is 10.9. The van der Waals surface area contributed by atoms with E-state index in [2.05, 4.69) is 30.9 Å². The Balaban J connectivity index is 1.28. The first-order chi connectivity index (χ1) is 16.1. The minimum Gasteiger partial charge on any atom is -0.482 e. The van der Waals surface area contributed by atoms with Crippen LogP contribution in [0, 0.1) is 0 Å². The lowest BCUT2D eigenvalue weighted by atomic mass is 10.1. The van der Waals surface area contributed by atoms with Gasteiger partial charge in [0.2, 0.25) is 5.91 Å². The Morgan fingerprint density at radius 3 is 2.97 bits per heavy atom. The van der Waals surface area contributed by atoms with Crippen molar-refractivity contribution >= 4 is 51.5 Å². The van der Waals surface area contributed by atoms with Crippen molar-refractivity contribution in [3.63, 3.8) is 0 Å². The summed E-state index contributed by atoms with van der Waals surface area (Å²) in [6, 6.07) is 9.09. The molecule has 1 aliphatic rings. The van der Waals surface area contributed by atoms with Crippen LogP contribution < -0.4 is 20.7 Å². The minimum absolute atomic E-state index is 0.0145. The lowest BCUT2D eigenvalue weighted by Gasteiger charge is -2.18. The SMILES string of the molecule is O=C1COc2ccc(CNC(=O)c3ncnc4c(NC(=O)Cc5cccs5)c[nH]c34)cc2N1. The van der Waals surface area contributed by atoms with E-state index in [9.17, 15) is 14.4 Å². The molecule has 11 heteroatoms. The number of carbonyl (C=O) groups excluding carboxylic acids is 3. The number of rotatable bonds is 6. The van der Waals surface area contributed by atoms with E-state index in [4.69, 9.17) is 4.74 Å². The number of benzene rings is 1. The Hall–Kier alpha value is -4.25. The Morgan fingerprint density at radius 2 is 2.12 bits per heavy atom. The quantitative estimate of drug-likeness (QED) is 0.347. The second-order valence-electron chi connectivity index (χ2n) is 7.30. The van der Waals surface area contributed by atoms with Crippen LogP contribution in [0.1, 0.15) is 20.9 Å². The summed E-state index contributed by atoms with van der Waals surface area (Å²) in [6.45, 7) is 0.206. The molecule has 0 atom stereocenters. The zero-order valence-corrected chi connectivity index (χ0v) is 18.0. The van der Waals surface area contributed by atoms with Crippen LogP contribution in [0.5, 0.6) is 5.75 Å². The highest BCUT2D eigenvalue weighted by Crippen LogP contribution is 2.28. The van der Waals surface area contributed by atoms with Gasteiger partial charge in [-0.05, 0) is 29.1 Å². The second kappa shape index (κ2) is 8.71. The van der Waals surface area contributed by atoms with Gasteiger partial charge in [0.1, 0.15) is 17.6 Å². The fraction of sp³-hybridized carbons (Fsp3) is 0.136. The number of aromatic amines is 1. The molecule has 0 aliphatic carbocycles. The predicted molar refractivity (Wildman–Crippen MR) is 122 cm³/mol. The van der Waals surface area contributed by atoms with Crippen LogP contribution >= 0.6 is 11.3 Å². The maximum Gasteiger partial charge on any atom is 0.272 e. The number of H-pyrrole nitrogens is 1. The lowest BCUT2D eigenvalue weighted by molar-refractivity contribution is -0.118. The van der Waals surface area contributed by atoms with Gasteiger partial charge in [-0.25, -0.2) is 9.97 Å². The summed E-state index contributed by atoms with van der Waals surface area (Å²) in [5, 5.41) is 10.3. The first kappa shape index (κ1) is 20.6. The molecule has 1 aromatic carbocycles. The third-order valence-corrected chi connectivity index (χ3v) is 5.87. The molecule has 10 nitrogen and oxygen atoms in total. The summed E-state index contributed by atoms with van der Waals surface area (Å²) in [6.07, 6.45) is 3.13. The van der Waals surface area contributed by atoms with Gasteiger partial charge < -0.3 is 25.7 Å². The molecule has 3 amide bonds. The number of carbonyl (C=O) groups is 3. The molecule has 0 saturated carbocycles. The number of nitrogens with zero attached hydrogens (tertiary/aromatic N) is 2. The molecule has 0 unspecified atom stereocenters. The molecule has 3 aromatic heterocycles. The normalized spacial score (nSPS) is 12.5. The number of hydrogen-bond acceptors (Lipinski definition) is 7. The van der Waals surface area contributed by atoms with E-state index in [0.29, 0.717) is 28.2 Å². The number of aromatic nitrogens is 3. The number of hydrogen-bond donors (Lipinski definition) is 4. The summed E-state index contributed by atoms with van der Waals surface area (Å²) in [4.78, 5) is 48.9. The number of ether oxygens (including phenoxy) is 1. The van der Waals surface area contributed by atoms with Crippen molar-refractivity contribution in [1.82, 2.24) is 20.3 Å². The Labute approximate surface area is 191 Å². The Kier molecular flexibility index (Phi) is 5.45. The highest BCUT2D eigenvalue weighted by molar-refractivity contribution is 7.10. The molecule has 0 radical (unpaired) electrons. The molecule has 4 aromatic rings. The van der Waals surface area contributed by atoms with Gasteiger partial charge in [0.05, 0.1) is 23.3 Å². The minimum atomic E-state index is -0.404. The van der Waals surface area contributed by atoms with Crippen molar-refractivity contribution < 1.29 is 19.1 Å². The van der Waals surface area contributed by atoms with E-state index in [1.165, 1.54) is 17.7 Å². The Morgan fingerprint density at radius 1 is 1.21 bits per heavy atom. The van der Waals surface area contributed by atoms with Crippen LogP contribution in [0.25, 0.3) is 11.0 Å². The molecular weight excluding hydrogens is 444 g/mol. The topological polar surface area (TPSA) is 138 Å². The van der Waals surface area contributed by atoms with E-state index >= 15 is 0 Å². The monoisotopic (exact) mass is 462 g/mol. The van der Waals surface area contributed by atoms with Crippen LogP contribution in [-0.4, -0.2) is 39.3 Å². The zero-order chi connectivity index (χ0) is 22.8. The van der Waals surface area contributed by atoms with Gasteiger partial charge in [-0.2, -0.15) is 0 Å². The summed E-state index contributed by atoms with van der Waals surface area (Å²) >= 11 is 1.51. The van der Waals surface area contributed by atoms with Gasteiger partial charge in [-0.3, -0.25) is 14.4 Å². The summed E-state index contributed by atoms with van der Waals surface area (Å²) in [5.41, 5.74) is 2.86. The van der Waals surface area contributed by atoms with Crippen LogP contribution in [0.2, 0.25) is 0 Å². The van der Waals surface area contributed by atoms with Crippen LogP contribution in [0.3, 0.4) is 0 Å². The van der Waals surface area contributed by atoms with Crippen molar-refractivity contribution in [3.05, 3.63) is 64.4 Å². The van der Waals surface area contributed by atoms with Crippen molar-refractivity contribution in [1.29, 1.82) is 0 Å². The molecule has 1 aliphatic heterocycles. The fourth-order valence-electron chi connectivity index (χ4n) is 3.48. The maximum absolute atomic E-state index is 12.8. The molecule has 4 heterocycles. The van der Waals surface area contributed by atoms with Crippen LogP contribution in [0.15, 0.2) is 48.2 Å². The first-order valence-electron chi connectivity index (χ1n) is 10.0. The molecule has 4 N–H and O–H groups in total. The van der Waals surface area contributed by atoms with Crippen molar-refractivity contribution in [3.8, 4) is 5.75 Å². The standard InChI is InChI=1S/C22H18N6O4S/c29-17(7-13-2-1-5-33-13)28-15-9-23-20-19(15)25-11-26-21(20)22(31)24-8-12-3-4-16-14(6-12)27-18(30)10-32-16/h1-6,9,11,23H,7-8,10H2,(H,24,31)(H,27,30)(H,28,29). The van der Waals surface area contributed by atoms with Gasteiger partial charge in [0.25, 0.3) is 11.8 Å². The summed E-state index contributed by atoms with van der Waals surface area (Å²) < 4.78 is 5.34. The van der Waals surface area contributed by atoms with E-state index < -0.39 is 5.91 Å². The third kappa shape index (κ3) is 4.39. The molecule has 0 spiro atoms. The van der Waals surface area contributed by atoms with Gasteiger partial charge in [-0.15, -0.1) is 11.3 Å². The van der Waals surface area contributed by atoms with Gasteiger partial charge in [-0.1, -0.05) is 12.1 Å². The highest BCUT2D eigenvalue weighted by Gasteiger charge is 2.19. The number of thiophene rings is 1. The van der Waals surface area contributed by atoms with Crippen molar-refractivity contribution in [2.24, 2.45) is 0 Å². The maximum atomic E-state index is 12.8. The summed E-state index contributed by atoms with van der Waals surface area (Å²) in [7, 11) is 0. The molecule has 0 bridgehead atoms. The Bertz CT molecular complexity index is 1360. The number of fused-ring (bicyclic) bond motifs is 2. The summed E-state index contributed by atoms with van der Waals surface area (Å²) in [5.74, 6) is -0.218. The van der Waals surface area contributed by atoms with Gasteiger partial charge in [0.15, 0.2) is 12.3 Å². The van der Waals surface area contributed by atoms with Gasteiger partial charge >= 0.3 is 0 Å². The number of amides is 3. The van der Waals surface area contributed by atoms with Crippen LogP contribution in [-0.2, 0) is 22.6 Å². The molecule has 166 valence electrons. The third-order valence-electron chi connectivity index (χ3n) is 5.00. The molecule has 5 rings (SSSR count). The number of anilines is 2. The van der Waals surface area contributed by atoms with E-state index in [0.717, 1.165) is 10.4 Å². The highest BCUT2D eigenvalue weighted by atomic mass is 32.1.